The van der Waals surface area contributed by atoms with Crippen LogP contribution in [0.3, 0.4) is 0 Å². The summed E-state index contributed by atoms with van der Waals surface area (Å²) >= 11 is 0. The minimum absolute atomic E-state index is 0.0870. The van der Waals surface area contributed by atoms with E-state index in [1.54, 1.807) is 0 Å². The monoisotopic (exact) mass is 311 g/mol. The number of nitrogens with one attached hydrogen (secondary N) is 1. The quantitative estimate of drug-likeness (QED) is 0.939. The number of hydrogen-bond donors (Lipinski definition) is 1. The molecule has 4 nitrogen and oxygen atoms in total. The van der Waals surface area contributed by atoms with E-state index in [4.69, 9.17) is 14.2 Å². The maximum absolute atomic E-state index is 5.92. The van der Waals surface area contributed by atoms with Crippen molar-refractivity contribution < 1.29 is 14.2 Å². The fourth-order valence-electron chi connectivity index (χ4n) is 3.24. The average molecular weight is 311 g/mol. The van der Waals surface area contributed by atoms with E-state index >= 15 is 0 Å². The van der Waals surface area contributed by atoms with E-state index in [-0.39, 0.29) is 5.60 Å². The molecule has 0 spiro atoms. The minimum atomic E-state index is -0.0870. The molecule has 0 aliphatic carbocycles. The number of benzene rings is 2. The number of hydrogen-bond acceptors (Lipinski definition) is 4. The van der Waals surface area contributed by atoms with Gasteiger partial charge in [0.05, 0.1) is 0 Å². The first-order valence-electron chi connectivity index (χ1n) is 8.00. The molecule has 0 fully saturated rings. The third-order valence-corrected chi connectivity index (χ3v) is 4.25. The van der Waals surface area contributed by atoms with Gasteiger partial charge in [-0.3, -0.25) is 0 Å². The first-order valence-corrected chi connectivity index (χ1v) is 8.00. The highest BCUT2D eigenvalue weighted by Crippen LogP contribution is 2.36. The molecule has 0 radical (unpaired) electrons. The van der Waals surface area contributed by atoms with Gasteiger partial charge in [0, 0.05) is 25.1 Å². The highest BCUT2D eigenvalue weighted by atomic mass is 16.7. The molecule has 0 atom stereocenters. The van der Waals surface area contributed by atoms with Crippen LogP contribution in [0.15, 0.2) is 36.4 Å². The van der Waals surface area contributed by atoms with Crippen LogP contribution in [-0.2, 0) is 19.5 Å². The lowest BCUT2D eigenvalue weighted by Gasteiger charge is -2.16. The second-order valence-electron chi connectivity index (χ2n) is 6.74. The van der Waals surface area contributed by atoms with Gasteiger partial charge in [0.15, 0.2) is 11.5 Å². The van der Waals surface area contributed by atoms with E-state index in [1.165, 1.54) is 11.1 Å². The van der Waals surface area contributed by atoms with Crippen LogP contribution in [0, 0.1) is 0 Å². The van der Waals surface area contributed by atoms with Crippen LogP contribution < -0.4 is 19.5 Å². The van der Waals surface area contributed by atoms with Gasteiger partial charge in [0.2, 0.25) is 6.79 Å². The highest BCUT2D eigenvalue weighted by molar-refractivity contribution is 5.48. The van der Waals surface area contributed by atoms with Crippen LogP contribution >= 0.6 is 0 Å². The molecule has 0 saturated heterocycles. The summed E-state index contributed by atoms with van der Waals surface area (Å²) in [5.74, 6) is 2.72. The van der Waals surface area contributed by atoms with Gasteiger partial charge in [-0.1, -0.05) is 24.3 Å². The summed E-state index contributed by atoms with van der Waals surface area (Å²) in [6.07, 6.45) is 0.966. The van der Waals surface area contributed by atoms with Crippen molar-refractivity contribution in [3.63, 3.8) is 0 Å². The molecule has 2 aliphatic heterocycles. The Balaban J connectivity index is 1.40. The molecule has 0 bridgehead atoms. The average Bonchev–Trinajstić information content (AvgIpc) is 3.09. The van der Waals surface area contributed by atoms with Crippen LogP contribution in [0.25, 0.3) is 0 Å². The molecule has 1 N–H and O–H groups in total. The van der Waals surface area contributed by atoms with Gasteiger partial charge in [-0.25, -0.2) is 0 Å². The Hall–Kier alpha value is -2.20. The number of ether oxygens (including phenoxy) is 3. The van der Waals surface area contributed by atoms with Gasteiger partial charge in [-0.15, -0.1) is 0 Å². The molecular formula is C19H21NO3. The molecule has 2 aromatic rings. The van der Waals surface area contributed by atoms with Crippen LogP contribution in [0.1, 0.15) is 30.5 Å². The van der Waals surface area contributed by atoms with Gasteiger partial charge >= 0.3 is 0 Å². The van der Waals surface area contributed by atoms with Crippen molar-refractivity contribution in [3.05, 3.63) is 53.1 Å². The zero-order valence-corrected chi connectivity index (χ0v) is 13.5. The van der Waals surface area contributed by atoms with Gasteiger partial charge in [-0.2, -0.15) is 0 Å². The van der Waals surface area contributed by atoms with E-state index in [9.17, 15) is 0 Å². The lowest BCUT2D eigenvalue weighted by Crippen LogP contribution is -2.24. The summed E-state index contributed by atoms with van der Waals surface area (Å²) in [7, 11) is 0. The first kappa shape index (κ1) is 14.4. The smallest absolute Gasteiger partial charge is 0.231 e. The summed E-state index contributed by atoms with van der Waals surface area (Å²) in [5, 5.41) is 3.48. The SMILES string of the molecule is CC1(C)Cc2cc(CNCc3cccc4c3OCO4)ccc2O1. The maximum Gasteiger partial charge on any atom is 0.231 e. The lowest BCUT2D eigenvalue weighted by atomic mass is 10.0. The van der Waals surface area contributed by atoms with E-state index in [0.717, 1.165) is 42.3 Å². The van der Waals surface area contributed by atoms with Crippen molar-refractivity contribution in [1.29, 1.82) is 0 Å². The Morgan fingerprint density at radius 2 is 1.96 bits per heavy atom. The summed E-state index contributed by atoms with van der Waals surface area (Å²) in [4.78, 5) is 0. The predicted molar refractivity (Wildman–Crippen MR) is 88.0 cm³/mol. The Bertz CT molecular complexity index is 739. The normalized spacial score (nSPS) is 17.0. The minimum Gasteiger partial charge on any atom is -0.487 e. The van der Waals surface area contributed by atoms with Crippen LogP contribution in [-0.4, -0.2) is 12.4 Å². The zero-order chi connectivity index (χ0) is 15.9. The standard InChI is InChI=1S/C19H21NO3/c1-19(2)9-15-8-13(6-7-16(15)23-19)10-20-11-14-4-3-5-17-18(14)22-12-21-17/h3-8,20H,9-12H2,1-2H3. The van der Waals surface area contributed by atoms with E-state index in [1.807, 2.05) is 12.1 Å². The molecule has 120 valence electrons. The van der Waals surface area contributed by atoms with E-state index in [0.29, 0.717) is 6.79 Å². The fraction of sp³-hybridized carbons (Fsp3) is 0.368. The van der Waals surface area contributed by atoms with Gasteiger partial charge in [-0.05, 0) is 37.1 Å². The van der Waals surface area contributed by atoms with Crippen molar-refractivity contribution >= 4 is 0 Å². The fourth-order valence-corrected chi connectivity index (χ4v) is 3.24. The second-order valence-corrected chi connectivity index (χ2v) is 6.74. The first-order chi connectivity index (χ1) is 11.1. The lowest BCUT2D eigenvalue weighted by molar-refractivity contribution is 0.138. The van der Waals surface area contributed by atoms with Crippen molar-refractivity contribution in [2.75, 3.05) is 6.79 Å². The zero-order valence-electron chi connectivity index (χ0n) is 13.5. The molecule has 2 aromatic carbocycles. The van der Waals surface area contributed by atoms with Crippen LogP contribution in [0.5, 0.6) is 17.2 Å². The maximum atomic E-state index is 5.92. The van der Waals surface area contributed by atoms with Gasteiger partial charge < -0.3 is 19.5 Å². The molecule has 0 amide bonds. The second kappa shape index (κ2) is 5.46. The predicted octanol–water partition coefficient (Wildman–Crippen LogP) is 3.42. The molecule has 0 saturated carbocycles. The number of rotatable bonds is 4. The molecule has 4 heteroatoms. The molecule has 4 rings (SSSR count). The van der Waals surface area contributed by atoms with Gasteiger partial charge in [0.25, 0.3) is 0 Å². The number of para-hydroxylation sites is 1. The van der Waals surface area contributed by atoms with Crippen molar-refractivity contribution in [1.82, 2.24) is 5.32 Å². The third-order valence-electron chi connectivity index (χ3n) is 4.25. The Labute approximate surface area is 136 Å². The Morgan fingerprint density at radius 3 is 2.87 bits per heavy atom. The largest absolute Gasteiger partial charge is 0.487 e. The summed E-state index contributed by atoms with van der Waals surface area (Å²) in [5.41, 5.74) is 3.61. The third kappa shape index (κ3) is 2.86. The van der Waals surface area contributed by atoms with Crippen LogP contribution in [0.2, 0.25) is 0 Å². The summed E-state index contributed by atoms with van der Waals surface area (Å²) in [6.45, 7) is 6.14. The molecule has 2 heterocycles. The summed E-state index contributed by atoms with van der Waals surface area (Å²) in [6, 6.07) is 12.5. The molecule has 0 unspecified atom stereocenters. The molecular weight excluding hydrogens is 290 g/mol. The molecule has 0 aromatic heterocycles. The van der Waals surface area contributed by atoms with E-state index in [2.05, 4.69) is 43.4 Å². The highest BCUT2D eigenvalue weighted by Gasteiger charge is 2.29. The Morgan fingerprint density at radius 1 is 1.04 bits per heavy atom. The summed E-state index contributed by atoms with van der Waals surface area (Å²) < 4.78 is 16.9. The van der Waals surface area contributed by atoms with Crippen molar-refractivity contribution in [2.24, 2.45) is 0 Å². The topological polar surface area (TPSA) is 39.7 Å². The molecule has 2 aliphatic rings. The molecule has 23 heavy (non-hydrogen) atoms. The van der Waals surface area contributed by atoms with Crippen molar-refractivity contribution in [3.8, 4) is 17.2 Å². The van der Waals surface area contributed by atoms with Gasteiger partial charge in [0.1, 0.15) is 11.4 Å². The van der Waals surface area contributed by atoms with E-state index < -0.39 is 0 Å². The number of fused-ring (bicyclic) bond motifs is 2. The Kier molecular flexibility index (Phi) is 3.42. The van der Waals surface area contributed by atoms with Crippen LogP contribution in [0.4, 0.5) is 0 Å². The van der Waals surface area contributed by atoms with Crippen molar-refractivity contribution in [2.45, 2.75) is 39.0 Å².